The highest BCUT2D eigenvalue weighted by atomic mass is 32.1. The van der Waals surface area contributed by atoms with Crippen molar-refractivity contribution in [2.75, 3.05) is 4.90 Å². The highest BCUT2D eigenvalue weighted by Crippen LogP contribution is 2.32. The molecule has 2 heterocycles. The summed E-state index contributed by atoms with van der Waals surface area (Å²) in [4.78, 5) is 23.9. The van der Waals surface area contributed by atoms with Crippen molar-refractivity contribution in [3.63, 3.8) is 0 Å². The van der Waals surface area contributed by atoms with Crippen LogP contribution in [0.4, 0.5) is 9.52 Å². The molecular formula is C23H20FN3OS. The van der Waals surface area contributed by atoms with Crippen LogP contribution in [0.1, 0.15) is 23.6 Å². The number of thiazole rings is 1. The second kappa shape index (κ2) is 8.49. The second-order valence-electron chi connectivity index (χ2n) is 6.76. The number of fused-ring (bicyclic) bond motifs is 1. The molecule has 0 fully saturated rings. The molecule has 0 aliphatic carbocycles. The van der Waals surface area contributed by atoms with Gasteiger partial charge >= 0.3 is 0 Å². The number of para-hydroxylation sites is 1. The topological polar surface area (TPSA) is 46.1 Å². The molecule has 0 bridgehead atoms. The second-order valence-corrected chi connectivity index (χ2v) is 7.77. The molecular weight excluding hydrogens is 385 g/mol. The lowest BCUT2D eigenvalue weighted by molar-refractivity contribution is -0.118. The number of halogens is 1. The van der Waals surface area contributed by atoms with Crippen LogP contribution >= 0.6 is 11.3 Å². The maximum atomic E-state index is 13.2. The Balaban J connectivity index is 1.69. The van der Waals surface area contributed by atoms with Gasteiger partial charge in [-0.15, -0.1) is 0 Å². The van der Waals surface area contributed by atoms with E-state index in [4.69, 9.17) is 4.98 Å². The first-order valence-corrected chi connectivity index (χ1v) is 10.3. The van der Waals surface area contributed by atoms with Crippen molar-refractivity contribution in [2.45, 2.75) is 26.3 Å². The Morgan fingerprint density at radius 1 is 1.07 bits per heavy atom. The standard InChI is InChI=1S/C23H20FN3OS/c1-2-18-6-3-7-20-22(18)26-23(29-20)27(15-17-5-4-12-25-14-17)21(28)13-16-8-10-19(24)11-9-16/h3-12,14H,2,13,15H2,1H3. The highest BCUT2D eigenvalue weighted by Gasteiger charge is 2.21. The predicted octanol–water partition coefficient (Wildman–Crippen LogP) is 5.17. The minimum atomic E-state index is -0.313. The molecule has 2 aromatic heterocycles. The normalized spacial score (nSPS) is 11.0. The van der Waals surface area contributed by atoms with Gasteiger partial charge in [-0.2, -0.15) is 0 Å². The number of benzene rings is 2. The van der Waals surface area contributed by atoms with E-state index < -0.39 is 0 Å². The van der Waals surface area contributed by atoms with Crippen LogP contribution in [-0.2, 0) is 24.2 Å². The Hall–Kier alpha value is -3.12. The Kier molecular flexibility index (Phi) is 5.62. The van der Waals surface area contributed by atoms with Crippen molar-refractivity contribution in [2.24, 2.45) is 0 Å². The van der Waals surface area contributed by atoms with Gasteiger partial charge in [-0.1, -0.05) is 48.6 Å². The van der Waals surface area contributed by atoms with E-state index in [0.29, 0.717) is 11.7 Å². The molecule has 4 aromatic rings. The number of carbonyl (C=O) groups is 1. The SMILES string of the molecule is CCc1cccc2sc(N(Cc3cccnc3)C(=O)Cc3ccc(F)cc3)nc12. The Morgan fingerprint density at radius 3 is 2.62 bits per heavy atom. The van der Waals surface area contributed by atoms with Gasteiger partial charge in [0.25, 0.3) is 0 Å². The molecule has 0 spiro atoms. The average Bonchev–Trinajstić information content (AvgIpc) is 3.18. The summed E-state index contributed by atoms with van der Waals surface area (Å²) in [6, 6.07) is 15.9. The number of hydrogen-bond acceptors (Lipinski definition) is 4. The van der Waals surface area contributed by atoms with E-state index in [0.717, 1.165) is 33.3 Å². The molecule has 4 nitrogen and oxygen atoms in total. The van der Waals surface area contributed by atoms with Gasteiger partial charge in [-0.25, -0.2) is 9.37 Å². The Labute approximate surface area is 172 Å². The Morgan fingerprint density at radius 2 is 1.90 bits per heavy atom. The van der Waals surface area contributed by atoms with Gasteiger partial charge in [0.1, 0.15) is 5.82 Å². The van der Waals surface area contributed by atoms with Crippen LogP contribution in [-0.4, -0.2) is 15.9 Å². The molecule has 4 rings (SSSR count). The lowest BCUT2D eigenvalue weighted by Crippen LogP contribution is -2.31. The fraction of sp³-hybridized carbons (Fsp3) is 0.174. The summed E-state index contributed by atoms with van der Waals surface area (Å²) in [6.07, 6.45) is 4.52. The minimum Gasteiger partial charge on any atom is -0.283 e. The smallest absolute Gasteiger partial charge is 0.233 e. The maximum Gasteiger partial charge on any atom is 0.233 e. The first kappa shape index (κ1) is 19.2. The molecule has 2 aromatic carbocycles. The van der Waals surface area contributed by atoms with Crippen LogP contribution in [0.2, 0.25) is 0 Å². The third-order valence-corrected chi connectivity index (χ3v) is 5.78. The van der Waals surface area contributed by atoms with Crippen LogP contribution in [0.15, 0.2) is 67.0 Å². The van der Waals surface area contributed by atoms with Gasteiger partial charge in [0.05, 0.1) is 23.2 Å². The van der Waals surface area contributed by atoms with E-state index in [1.165, 1.54) is 23.5 Å². The third kappa shape index (κ3) is 4.32. The molecule has 29 heavy (non-hydrogen) atoms. The van der Waals surface area contributed by atoms with Crippen LogP contribution in [0.25, 0.3) is 10.2 Å². The van der Waals surface area contributed by atoms with Crippen LogP contribution < -0.4 is 4.90 Å². The number of hydrogen-bond donors (Lipinski definition) is 0. The average molecular weight is 405 g/mol. The van der Waals surface area contributed by atoms with Gasteiger partial charge in [-0.3, -0.25) is 14.7 Å². The number of rotatable bonds is 6. The molecule has 0 unspecified atom stereocenters. The summed E-state index contributed by atoms with van der Waals surface area (Å²) in [5.41, 5.74) is 3.80. The molecule has 0 atom stereocenters. The quantitative estimate of drug-likeness (QED) is 0.445. The van der Waals surface area contributed by atoms with Crippen molar-refractivity contribution in [3.8, 4) is 0 Å². The molecule has 146 valence electrons. The third-order valence-electron chi connectivity index (χ3n) is 4.74. The van der Waals surface area contributed by atoms with E-state index in [1.807, 2.05) is 24.3 Å². The number of anilines is 1. The fourth-order valence-corrected chi connectivity index (χ4v) is 4.23. The number of aryl methyl sites for hydroxylation is 1. The zero-order chi connectivity index (χ0) is 20.2. The van der Waals surface area contributed by atoms with E-state index in [1.54, 1.807) is 29.4 Å². The summed E-state index contributed by atoms with van der Waals surface area (Å²) >= 11 is 1.51. The highest BCUT2D eigenvalue weighted by molar-refractivity contribution is 7.22. The molecule has 0 saturated carbocycles. The summed E-state index contributed by atoms with van der Waals surface area (Å²) in [5.74, 6) is -0.399. The van der Waals surface area contributed by atoms with Crippen LogP contribution in [0, 0.1) is 5.82 Å². The van der Waals surface area contributed by atoms with Crippen molar-refractivity contribution >= 4 is 32.6 Å². The fourth-order valence-electron chi connectivity index (χ4n) is 3.20. The summed E-state index contributed by atoms with van der Waals surface area (Å²) in [5, 5.41) is 0.664. The number of carbonyl (C=O) groups excluding carboxylic acids is 1. The van der Waals surface area contributed by atoms with Crippen LogP contribution in [0.5, 0.6) is 0 Å². The van der Waals surface area contributed by atoms with Gasteiger partial charge in [0.2, 0.25) is 5.91 Å². The number of aromatic nitrogens is 2. The van der Waals surface area contributed by atoms with E-state index in [2.05, 4.69) is 18.0 Å². The largest absolute Gasteiger partial charge is 0.283 e. The lowest BCUT2D eigenvalue weighted by Gasteiger charge is -2.20. The van der Waals surface area contributed by atoms with Crippen molar-refractivity contribution in [1.82, 2.24) is 9.97 Å². The van der Waals surface area contributed by atoms with E-state index in [-0.39, 0.29) is 18.1 Å². The predicted molar refractivity (Wildman–Crippen MR) is 115 cm³/mol. The first-order valence-electron chi connectivity index (χ1n) is 9.46. The van der Waals surface area contributed by atoms with Crippen molar-refractivity contribution < 1.29 is 9.18 Å². The Bertz CT molecular complexity index is 1130. The van der Waals surface area contributed by atoms with Gasteiger partial charge in [0.15, 0.2) is 5.13 Å². The van der Waals surface area contributed by atoms with Crippen molar-refractivity contribution in [1.29, 1.82) is 0 Å². The summed E-state index contributed by atoms with van der Waals surface area (Å²) in [7, 11) is 0. The molecule has 0 aliphatic heterocycles. The number of pyridine rings is 1. The molecule has 6 heteroatoms. The zero-order valence-corrected chi connectivity index (χ0v) is 16.8. The molecule has 0 radical (unpaired) electrons. The van der Waals surface area contributed by atoms with Gasteiger partial charge in [-0.05, 0) is 47.4 Å². The molecule has 0 saturated heterocycles. The van der Waals surface area contributed by atoms with E-state index >= 15 is 0 Å². The zero-order valence-electron chi connectivity index (χ0n) is 16.0. The number of nitrogens with zero attached hydrogens (tertiary/aromatic N) is 3. The molecule has 0 N–H and O–H groups in total. The summed E-state index contributed by atoms with van der Waals surface area (Å²) < 4.78 is 14.3. The first-order chi connectivity index (χ1) is 14.1. The van der Waals surface area contributed by atoms with E-state index in [9.17, 15) is 9.18 Å². The lowest BCUT2D eigenvalue weighted by atomic mass is 10.1. The van der Waals surface area contributed by atoms with Crippen LogP contribution in [0.3, 0.4) is 0 Å². The molecule has 0 aliphatic rings. The van der Waals surface area contributed by atoms with Gasteiger partial charge in [0, 0.05) is 12.4 Å². The number of amides is 1. The van der Waals surface area contributed by atoms with Crippen molar-refractivity contribution in [3.05, 3.63) is 89.5 Å². The monoisotopic (exact) mass is 405 g/mol. The minimum absolute atomic E-state index is 0.0856. The maximum absolute atomic E-state index is 13.2. The van der Waals surface area contributed by atoms with Gasteiger partial charge < -0.3 is 0 Å². The summed E-state index contributed by atoms with van der Waals surface area (Å²) in [6.45, 7) is 2.48. The molecule has 1 amide bonds.